The van der Waals surface area contributed by atoms with Crippen LogP contribution in [0.25, 0.3) is 21.5 Å². The standard InChI is InChI=1S/2C14H16O.2C5H5.Zr/c2*1-14(2,3)13-11-7-5-4-6-10(11)8-9-12(13)15;2*1-2-4-5-3-1;/h2*4-9,15H,1-3H3;2*1-3H,4H2;/q;;2*-1;+2. The zero-order valence-corrected chi connectivity index (χ0v) is 27.7. The van der Waals surface area contributed by atoms with E-state index in [9.17, 15) is 10.2 Å². The Balaban J connectivity index is 0.000000211. The average molecular weight is 622 g/mol. The van der Waals surface area contributed by atoms with Gasteiger partial charge in [0.15, 0.2) is 0 Å². The number of fused-ring (bicyclic) bond motifs is 2. The number of phenols is 2. The number of aromatic hydroxyl groups is 2. The van der Waals surface area contributed by atoms with Gasteiger partial charge in [-0.1, -0.05) is 102 Å². The second-order valence-corrected chi connectivity index (χ2v) is 11.9. The molecule has 0 radical (unpaired) electrons. The summed E-state index contributed by atoms with van der Waals surface area (Å²) in [6.45, 7) is 12.7. The third-order valence-electron chi connectivity index (χ3n) is 6.49. The van der Waals surface area contributed by atoms with Crippen LogP contribution in [0.5, 0.6) is 11.5 Å². The molecule has 4 aromatic carbocycles. The van der Waals surface area contributed by atoms with Gasteiger partial charge in [-0.05, 0) is 44.5 Å². The minimum atomic E-state index is -0.0368. The first-order valence-electron chi connectivity index (χ1n) is 13.9. The van der Waals surface area contributed by atoms with Crippen LogP contribution in [0.1, 0.15) is 65.5 Å². The summed E-state index contributed by atoms with van der Waals surface area (Å²) in [5.74, 6) is 0.780. The van der Waals surface area contributed by atoms with Crippen LogP contribution in [-0.2, 0) is 37.0 Å². The Kier molecular flexibility index (Phi) is 13.1. The number of phenolic OH excluding ortho intramolecular Hbond substituents is 2. The second-order valence-electron chi connectivity index (χ2n) is 11.9. The van der Waals surface area contributed by atoms with Crippen LogP contribution in [0.3, 0.4) is 0 Å². The van der Waals surface area contributed by atoms with Gasteiger partial charge in [0.05, 0.1) is 0 Å². The zero-order valence-electron chi connectivity index (χ0n) is 25.2. The fourth-order valence-corrected chi connectivity index (χ4v) is 4.78. The van der Waals surface area contributed by atoms with Gasteiger partial charge < -0.3 is 10.2 Å². The average Bonchev–Trinajstić information content (AvgIpc) is 3.67. The molecule has 0 atom stereocenters. The molecule has 41 heavy (non-hydrogen) atoms. The third-order valence-corrected chi connectivity index (χ3v) is 6.49. The minimum Gasteiger partial charge on any atom is -0.508 e. The Morgan fingerprint density at radius 1 is 0.537 bits per heavy atom. The summed E-state index contributed by atoms with van der Waals surface area (Å²) in [6.07, 6.45) is 20.0. The van der Waals surface area contributed by atoms with Gasteiger partial charge in [0, 0.05) is 11.1 Å². The Morgan fingerprint density at radius 3 is 1.17 bits per heavy atom. The van der Waals surface area contributed by atoms with E-state index in [0.29, 0.717) is 11.5 Å². The molecule has 0 aromatic heterocycles. The van der Waals surface area contributed by atoms with Crippen molar-refractivity contribution in [2.24, 2.45) is 0 Å². The molecule has 0 heterocycles. The number of hydrogen-bond donors (Lipinski definition) is 2. The van der Waals surface area contributed by atoms with Crippen LogP contribution < -0.4 is 0 Å². The van der Waals surface area contributed by atoms with Crippen molar-refractivity contribution in [2.75, 3.05) is 0 Å². The Bertz CT molecular complexity index is 1390. The molecule has 0 bridgehead atoms. The predicted molar refractivity (Wildman–Crippen MR) is 172 cm³/mol. The van der Waals surface area contributed by atoms with Crippen molar-refractivity contribution >= 4 is 21.5 Å². The van der Waals surface area contributed by atoms with Crippen molar-refractivity contribution in [1.82, 2.24) is 0 Å². The second kappa shape index (κ2) is 15.7. The van der Waals surface area contributed by atoms with Crippen molar-refractivity contribution in [3.05, 3.63) is 133 Å². The van der Waals surface area contributed by atoms with Crippen molar-refractivity contribution in [2.45, 2.75) is 65.2 Å². The van der Waals surface area contributed by atoms with E-state index >= 15 is 0 Å². The summed E-state index contributed by atoms with van der Waals surface area (Å²) < 4.78 is 0. The van der Waals surface area contributed by atoms with E-state index in [1.807, 2.05) is 60.7 Å². The molecule has 0 unspecified atom stereocenters. The molecule has 0 saturated heterocycles. The minimum absolute atomic E-state index is 0. The van der Waals surface area contributed by atoms with Gasteiger partial charge in [-0.15, -0.1) is 12.8 Å². The molecule has 0 amide bonds. The van der Waals surface area contributed by atoms with Gasteiger partial charge in [-0.25, -0.2) is 24.3 Å². The summed E-state index contributed by atoms with van der Waals surface area (Å²) in [6, 6.07) is 23.8. The van der Waals surface area contributed by atoms with Crippen LogP contribution in [0.15, 0.2) is 109 Å². The van der Waals surface area contributed by atoms with Crippen molar-refractivity contribution in [1.29, 1.82) is 0 Å². The first kappa shape index (κ1) is 34.0. The van der Waals surface area contributed by atoms with Crippen LogP contribution in [-0.4, -0.2) is 10.2 Å². The summed E-state index contributed by atoms with van der Waals surface area (Å²) in [5.41, 5.74) is 1.98. The van der Waals surface area contributed by atoms with Gasteiger partial charge in [0.1, 0.15) is 11.5 Å². The summed E-state index contributed by atoms with van der Waals surface area (Å²) in [4.78, 5) is 0. The molecule has 6 rings (SSSR count). The van der Waals surface area contributed by atoms with Gasteiger partial charge >= 0.3 is 26.2 Å². The molecule has 0 fully saturated rings. The van der Waals surface area contributed by atoms with E-state index < -0.39 is 0 Å². The Hall–Kier alpha value is -3.16. The molecule has 0 spiro atoms. The van der Waals surface area contributed by atoms with Gasteiger partial charge in [0.25, 0.3) is 0 Å². The number of allylic oxidation sites excluding steroid dienone is 8. The molecule has 4 aromatic rings. The zero-order chi connectivity index (χ0) is 29.2. The normalized spacial score (nSPS) is 13.0. The monoisotopic (exact) mass is 620 g/mol. The van der Waals surface area contributed by atoms with Gasteiger partial charge in [-0.2, -0.15) is 12.2 Å². The largest absolute Gasteiger partial charge is 2.00 e. The molecule has 3 heteroatoms. The molecule has 2 nitrogen and oxygen atoms in total. The van der Waals surface area contributed by atoms with E-state index in [1.165, 1.54) is 10.8 Å². The molecule has 2 aliphatic carbocycles. The topological polar surface area (TPSA) is 40.5 Å². The molecular formula is C38H42O2Zr. The van der Waals surface area contributed by atoms with Crippen molar-refractivity contribution in [3.63, 3.8) is 0 Å². The van der Waals surface area contributed by atoms with E-state index in [1.54, 1.807) is 12.1 Å². The fourth-order valence-electron chi connectivity index (χ4n) is 4.78. The fraction of sp³-hybridized carbons (Fsp3) is 0.263. The Morgan fingerprint density at radius 2 is 0.902 bits per heavy atom. The third kappa shape index (κ3) is 10.0. The summed E-state index contributed by atoms with van der Waals surface area (Å²) in [7, 11) is 0. The van der Waals surface area contributed by atoms with Gasteiger partial charge in [0.2, 0.25) is 0 Å². The molecule has 0 saturated carbocycles. The van der Waals surface area contributed by atoms with Crippen LogP contribution in [0.4, 0.5) is 0 Å². The first-order chi connectivity index (χ1) is 19.0. The molecule has 2 aliphatic rings. The molecule has 0 aliphatic heterocycles. The van der Waals surface area contributed by atoms with Crippen LogP contribution >= 0.6 is 0 Å². The quantitative estimate of drug-likeness (QED) is 0.192. The maximum atomic E-state index is 9.94. The van der Waals surface area contributed by atoms with Crippen molar-refractivity contribution < 1.29 is 36.4 Å². The van der Waals surface area contributed by atoms with Gasteiger partial charge in [-0.3, -0.25) is 12.2 Å². The van der Waals surface area contributed by atoms with E-state index in [0.717, 1.165) is 34.7 Å². The first-order valence-corrected chi connectivity index (χ1v) is 13.9. The Labute approximate surface area is 266 Å². The maximum Gasteiger partial charge on any atom is 2.00 e. The van der Waals surface area contributed by atoms with Crippen LogP contribution in [0.2, 0.25) is 0 Å². The number of rotatable bonds is 0. The number of benzene rings is 4. The van der Waals surface area contributed by atoms with E-state index in [-0.39, 0.29) is 37.0 Å². The van der Waals surface area contributed by atoms with E-state index in [2.05, 4.69) is 90.1 Å². The predicted octanol–water partition coefficient (Wildman–Crippen LogP) is 10.3. The van der Waals surface area contributed by atoms with Crippen LogP contribution in [0, 0.1) is 12.2 Å². The number of hydrogen-bond acceptors (Lipinski definition) is 2. The molecular weight excluding hydrogens is 580 g/mol. The molecule has 210 valence electrons. The van der Waals surface area contributed by atoms with Crippen molar-refractivity contribution in [3.8, 4) is 11.5 Å². The smallest absolute Gasteiger partial charge is 0.508 e. The summed E-state index contributed by atoms with van der Waals surface area (Å²) in [5, 5.41) is 24.5. The maximum absolute atomic E-state index is 9.94. The van der Waals surface area contributed by atoms with E-state index in [4.69, 9.17) is 0 Å². The molecule has 2 N–H and O–H groups in total. The summed E-state index contributed by atoms with van der Waals surface area (Å²) >= 11 is 0. The SMILES string of the molecule is CC(C)(C)c1c(O)ccc2ccccc12.CC(C)(C)c1c(O)ccc2ccccc12.[C-]1=CC=CC1.[C-]1=CC=CC1.[Zr+2].